The maximum absolute atomic E-state index is 5.96. The van der Waals surface area contributed by atoms with Crippen molar-refractivity contribution in [2.75, 3.05) is 19.7 Å². The molecule has 2 rings (SSSR count). The maximum atomic E-state index is 5.96. The Balaban J connectivity index is 1.71. The first kappa shape index (κ1) is 20.7. The number of nitrogens with zero attached hydrogens (tertiary/aromatic N) is 2. The van der Waals surface area contributed by atoms with E-state index in [4.69, 9.17) is 9.15 Å². The highest BCUT2D eigenvalue weighted by Crippen LogP contribution is 2.23. The molecule has 0 radical (unpaired) electrons. The Morgan fingerprint density at radius 1 is 1.27 bits per heavy atom. The van der Waals surface area contributed by atoms with Crippen LogP contribution in [0.15, 0.2) is 15.6 Å². The second-order valence-electron chi connectivity index (χ2n) is 7.97. The molecule has 1 fully saturated rings. The minimum absolute atomic E-state index is 0.0317. The van der Waals surface area contributed by atoms with Gasteiger partial charge in [-0.3, -0.25) is 0 Å². The third-order valence-corrected chi connectivity index (χ3v) is 4.53. The molecule has 6 nitrogen and oxygen atoms in total. The standard InChI is InChI=1S/C20H36N4O2/c1-5-21-19(22-12-9-13-25-16-10-7-6-8-11-16)24-15-18-23-14-17(26-18)20(2,3)4/h14,16H,5-13,15H2,1-4H3,(H2,21,22,24). The smallest absolute Gasteiger partial charge is 0.216 e. The number of ether oxygens (including phenoxy) is 1. The zero-order valence-electron chi connectivity index (χ0n) is 16.9. The molecule has 0 amide bonds. The predicted molar refractivity (Wildman–Crippen MR) is 105 cm³/mol. The summed E-state index contributed by atoms with van der Waals surface area (Å²) < 4.78 is 11.8. The molecule has 6 heteroatoms. The third kappa shape index (κ3) is 7.36. The summed E-state index contributed by atoms with van der Waals surface area (Å²) in [6.45, 7) is 11.3. The summed E-state index contributed by atoms with van der Waals surface area (Å²) in [4.78, 5) is 8.89. The topological polar surface area (TPSA) is 71.7 Å². The van der Waals surface area contributed by atoms with E-state index in [-0.39, 0.29) is 5.41 Å². The second-order valence-corrected chi connectivity index (χ2v) is 7.97. The van der Waals surface area contributed by atoms with Gasteiger partial charge < -0.3 is 19.8 Å². The SMILES string of the molecule is CCNC(=NCc1ncc(C(C)(C)C)o1)NCCCOC1CCCCC1. The van der Waals surface area contributed by atoms with Crippen LogP contribution in [-0.4, -0.2) is 36.7 Å². The number of hydrogen-bond acceptors (Lipinski definition) is 4. The number of aliphatic imine (C=N–C) groups is 1. The van der Waals surface area contributed by atoms with Crippen molar-refractivity contribution in [3.8, 4) is 0 Å². The Morgan fingerprint density at radius 3 is 2.69 bits per heavy atom. The summed E-state index contributed by atoms with van der Waals surface area (Å²) in [5.74, 6) is 2.33. The van der Waals surface area contributed by atoms with E-state index >= 15 is 0 Å². The molecule has 1 aromatic rings. The minimum Gasteiger partial charge on any atom is -0.443 e. The van der Waals surface area contributed by atoms with Crippen molar-refractivity contribution in [2.45, 2.75) is 84.3 Å². The van der Waals surface area contributed by atoms with Gasteiger partial charge >= 0.3 is 0 Å². The lowest BCUT2D eigenvalue weighted by Crippen LogP contribution is -2.38. The van der Waals surface area contributed by atoms with Crippen LogP contribution in [0.2, 0.25) is 0 Å². The average molecular weight is 365 g/mol. The van der Waals surface area contributed by atoms with Crippen LogP contribution < -0.4 is 10.6 Å². The summed E-state index contributed by atoms with van der Waals surface area (Å²) >= 11 is 0. The van der Waals surface area contributed by atoms with Gasteiger partial charge in [-0.05, 0) is 26.2 Å². The number of aromatic nitrogens is 1. The van der Waals surface area contributed by atoms with Gasteiger partial charge in [-0.25, -0.2) is 9.98 Å². The van der Waals surface area contributed by atoms with Crippen molar-refractivity contribution in [1.29, 1.82) is 0 Å². The van der Waals surface area contributed by atoms with Gasteiger partial charge in [0.25, 0.3) is 0 Å². The second kappa shape index (κ2) is 10.6. The highest BCUT2D eigenvalue weighted by atomic mass is 16.5. The molecular formula is C20H36N4O2. The van der Waals surface area contributed by atoms with Crippen molar-refractivity contribution < 1.29 is 9.15 Å². The Kier molecular flexibility index (Phi) is 8.42. The lowest BCUT2D eigenvalue weighted by atomic mass is 9.94. The molecule has 26 heavy (non-hydrogen) atoms. The van der Waals surface area contributed by atoms with Gasteiger partial charge in [0.05, 0.1) is 12.3 Å². The first-order chi connectivity index (χ1) is 12.5. The summed E-state index contributed by atoms with van der Waals surface area (Å²) in [6, 6.07) is 0. The quantitative estimate of drug-likeness (QED) is 0.417. The van der Waals surface area contributed by atoms with Gasteiger partial charge in [-0.2, -0.15) is 0 Å². The molecule has 0 spiro atoms. The first-order valence-electron chi connectivity index (χ1n) is 10.1. The molecule has 1 aliphatic rings. The minimum atomic E-state index is -0.0317. The molecule has 0 saturated heterocycles. The number of oxazole rings is 1. The number of guanidine groups is 1. The van der Waals surface area contributed by atoms with Crippen molar-refractivity contribution in [3.05, 3.63) is 17.8 Å². The van der Waals surface area contributed by atoms with E-state index in [1.54, 1.807) is 6.20 Å². The average Bonchev–Trinajstić information content (AvgIpc) is 3.09. The van der Waals surface area contributed by atoms with Crippen molar-refractivity contribution in [3.63, 3.8) is 0 Å². The Bertz CT molecular complexity index is 542. The van der Waals surface area contributed by atoms with Crippen LogP contribution in [0.5, 0.6) is 0 Å². The fourth-order valence-electron chi connectivity index (χ4n) is 2.98. The van der Waals surface area contributed by atoms with Gasteiger partial charge in [-0.1, -0.05) is 40.0 Å². The molecule has 148 valence electrons. The zero-order chi connectivity index (χ0) is 18.8. The fourth-order valence-corrected chi connectivity index (χ4v) is 2.98. The molecule has 0 atom stereocenters. The third-order valence-electron chi connectivity index (χ3n) is 4.53. The molecule has 2 N–H and O–H groups in total. The van der Waals surface area contributed by atoms with Gasteiger partial charge in [0.1, 0.15) is 12.3 Å². The molecule has 1 heterocycles. The maximum Gasteiger partial charge on any atom is 0.216 e. The van der Waals surface area contributed by atoms with E-state index < -0.39 is 0 Å². The molecule has 0 bridgehead atoms. The van der Waals surface area contributed by atoms with Gasteiger partial charge in [0.2, 0.25) is 5.89 Å². The van der Waals surface area contributed by atoms with E-state index in [1.165, 1.54) is 32.1 Å². The Morgan fingerprint density at radius 2 is 2.04 bits per heavy atom. The van der Waals surface area contributed by atoms with Gasteiger partial charge in [0, 0.05) is 25.1 Å². The normalized spacial score (nSPS) is 16.7. The van der Waals surface area contributed by atoms with E-state index in [0.29, 0.717) is 18.5 Å². The van der Waals surface area contributed by atoms with E-state index in [1.807, 2.05) is 0 Å². The van der Waals surface area contributed by atoms with Crippen LogP contribution in [0.1, 0.15) is 77.9 Å². The molecule has 1 saturated carbocycles. The van der Waals surface area contributed by atoms with E-state index in [9.17, 15) is 0 Å². The number of rotatable bonds is 8. The molecule has 1 aromatic heterocycles. The fraction of sp³-hybridized carbons (Fsp3) is 0.800. The molecule has 0 unspecified atom stereocenters. The van der Waals surface area contributed by atoms with Gasteiger partial charge in [0.15, 0.2) is 5.96 Å². The summed E-state index contributed by atoms with van der Waals surface area (Å²) in [5, 5.41) is 6.61. The lowest BCUT2D eigenvalue weighted by Gasteiger charge is -2.22. The largest absolute Gasteiger partial charge is 0.443 e. The lowest BCUT2D eigenvalue weighted by molar-refractivity contribution is 0.0277. The van der Waals surface area contributed by atoms with Crippen LogP contribution >= 0.6 is 0 Å². The molecular weight excluding hydrogens is 328 g/mol. The molecule has 1 aliphatic carbocycles. The Hall–Kier alpha value is -1.56. The predicted octanol–water partition coefficient (Wildman–Crippen LogP) is 3.77. The monoisotopic (exact) mass is 364 g/mol. The van der Waals surface area contributed by atoms with Crippen LogP contribution in [0, 0.1) is 0 Å². The molecule has 0 aliphatic heterocycles. The molecule has 0 aromatic carbocycles. The zero-order valence-corrected chi connectivity index (χ0v) is 16.9. The number of hydrogen-bond donors (Lipinski definition) is 2. The summed E-state index contributed by atoms with van der Waals surface area (Å²) in [5.41, 5.74) is -0.0317. The van der Waals surface area contributed by atoms with Crippen LogP contribution in [0.25, 0.3) is 0 Å². The van der Waals surface area contributed by atoms with Crippen molar-refractivity contribution >= 4 is 5.96 Å². The van der Waals surface area contributed by atoms with Crippen molar-refractivity contribution in [2.24, 2.45) is 4.99 Å². The highest BCUT2D eigenvalue weighted by molar-refractivity contribution is 5.79. The first-order valence-corrected chi connectivity index (χ1v) is 10.1. The van der Waals surface area contributed by atoms with Crippen LogP contribution in [-0.2, 0) is 16.7 Å². The van der Waals surface area contributed by atoms with E-state index in [2.05, 4.69) is 48.3 Å². The summed E-state index contributed by atoms with van der Waals surface area (Å²) in [6.07, 6.45) is 9.71. The number of nitrogens with one attached hydrogen (secondary N) is 2. The van der Waals surface area contributed by atoms with Gasteiger partial charge in [-0.15, -0.1) is 0 Å². The van der Waals surface area contributed by atoms with Crippen LogP contribution in [0.4, 0.5) is 0 Å². The van der Waals surface area contributed by atoms with E-state index in [0.717, 1.165) is 37.8 Å². The summed E-state index contributed by atoms with van der Waals surface area (Å²) in [7, 11) is 0. The highest BCUT2D eigenvalue weighted by Gasteiger charge is 2.19. The van der Waals surface area contributed by atoms with Crippen molar-refractivity contribution in [1.82, 2.24) is 15.6 Å². The van der Waals surface area contributed by atoms with Crippen LogP contribution in [0.3, 0.4) is 0 Å². The Labute approximate surface area is 158 Å².